The van der Waals surface area contributed by atoms with Gasteiger partial charge < -0.3 is 14.8 Å². The van der Waals surface area contributed by atoms with Gasteiger partial charge >= 0.3 is 5.97 Å². The third-order valence-corrected chi connectivity index (χ3v) is 3.94. The Labute approximate surface area is 116 Å². The molecule has 0 amide bonds. The molecule has 0 unspecified atom stereocenters. The van der Waals surface area contributed by atoms with Gasteiger partial charge in [-0.3, -0.25) is 4.79 Å². The van der Waals surface area contributed by atoms with Crippen LogP contribution in [0.2, 0.25) is 0 Å². The quantitative estimate of drug-likeness (QED) is 0.797. The van der Waals surface area contributed by atoms with Crippen LogP contribution in [0.15, 0.2) is 0 Å². The molecule has 4 heteroatoms. The van der Waals surface area contributed by atoms with E-state index in [1.165, 1.54) is 12.8 Å². The van der Waals surface area contributed by atoms with Crippen LogP contribution < -0.4 is 5.32 Å². The summed E-state index contributed by atoms with van der Waals surface area (Å²) < 4.78 is 11.3. The average Bonchev–Trinajstić information content (AvgIpc) is 2.76. The number of nitrogens with one attached hydrogen (secondary N) is 1. The molecule has 2 aliphatic rings. The Bertz CT molecular complexity index is 305. The average molecular weight is 269 g/mol. The molecule has 0 saturated carbocycles. The van der Waals surface area contributed by atoms with E-state index in [0.29, 0.717) is 12.5 Å². The van der Waals surface area contributed by atoms with Gasteiger partial charge in [-0.15, -0.1) is 0 Å². The molecule has 19 heavy (non-hydrogen) atoms. The van der Waals surface area contributed by atoms with Crippen LogP contribution in [0, 0.1) is 11.8 Å². The first-order valence-electron chi connectivity index (χ1n) is 7.51. The number of hydrogen-bond acceptors (Lipinski definition) is 4. The van der Waals surface area contributed by atoms with Gasteiger partial charge in [-0.05, 0) is 65.5 Å². The second kappa shape index (κ2) is 6.23. The highest BCUT2D eigenvalue weighted by Crippen LogP contribution is 2.31. The lowest BCUT2D eigenvalue weighted by Crippen LogP contribution is -2.35. The predicted molar refractivity (Wildman–Crippen MR) is 73.9 cm³/mol. The van der Waals surface area contributed by atoms with Crippen LogP contribution in [0.3, 0.4) is 0 Å². The van der Waals surface area contributed by atoms with Gasteiger partial charge in [0.2, 0.25) is 0 Å². The Morgan fingerprint density at radius 3 is 2.58 bits per heavy atom. The second-order valence-corrected chi connectivity index (χ2v) is 6.77. The molecule has 0 aliphatic carbocycles. The van der Waals surface area contributed by atoms with Gasteiger partial charge in [0, 0.05) is 6.61 Å². The molecule has 2 saturated heterocycles. The van der Waals surface area contributed by atoms with Crippen molar-refractivity contribution in [1.29, 1.82) is 0 Å². The van der Waals surface area contributed by atoms with Crippen molar-refractivity contribution in [2.24, 2.45) is 11.8 Å². The van der Waals surface area contributed by atoms with E-state index in [2.05, 4.69) is 5.32 Å². The molecule has 2 rings (SSSR count). The van der Waals surface area contributed by atoms with Crippen molar-refractivity contribution in [2.75, 3.05) is 19.7 Å². The maximum Gasteiger partial charge on any atom is 0.312 e. The number of rotatable bonds is 3. The highest BCUT2D eigenvalue weighted by atomic mass is 16.6. The van der Waals surface area contributed by atoms with Crippen LogP contribution in [0.1, 0.15) is 46.5 Å². The first kappa shape index (κ1) is 14.8. The van der Waals surface area contributed by atoms with Gasteiger partial charge in [-0.1, -0.05) is 0 Å². The molecule has 0 spiro atoms. The summed E-state index contributed by atoms with van der Waals surface area (Å²) in [7, 11) is 0. The summed E-state index contributed by atoms with van der Waals surface area (Å²) in [5.41, 5.74) is -0.404. The van der Waals surface area contributed by atoms with Gasteiger partial charge in [0.1, 0.15) is 5.60 Å². The second-order valence-electron chi connectivity index (χ2n) is 6.77. The Hall–Kier alpha value is -0.610. The Morgan fingerprint density at radius 2 is 1.95 bits per heavy atom. The minimum absolute atomic E-state index is 0.0610. The number of carbonyl (C=O) groups is 1. The molecule has 0 aromatic rings. The number of piperidine rings is 1. The van der Waals surface area contributed by atoms with Crippen molar-refractivity contribution in [3.8, 4) is 0 Å². The number of ether oxygens (including phenoxy) is 2. The van der Waals surface area contributed by atoms with E-state index >= 15 is 0 Å². The first-order valence-corrected chi connectivity index (χ1v) is 7.51. The first-order chi connectivity index (χ1) is 8.96. The Balaban J connectivity index is 1.87. The molecule has 0 bridgehead atoms. The van der Waals surface area contributed by atoms with Crippen LogP contribution in [-0.2, 0) is 14.3 Å². The smallest absolute Gasteiger partial charge is 0.312 e. The Morgan fingerprint density at radius 1 is 1.26 bits per heavy atom. The molecular formula is C15H27NO3. The van der Waals surface area contributed by atoms with Gasteiger partial charge in [-0.2, -0.15) is 0 Å². The van der Waals surface area contributed by atoms with E-state index in [0.717, 1.165) is 25.9 Å². The molecule has 2 heterocycles. The van der Waals surface area contributed by atoms with Gasteiger partial charge in [-0.25, -0.2) is 0 Å². The number of esters is 1. The fraction of sp³-hybridized carbons (Fsp3) is 0.933. The van der Waals surface area contributed by atoms with Crippen molar-refractivity contribution in [3.05, 3.63) is 0 Å². The van der Waals surface area contributed by atoms with Crippen molar-refractivity contribution in [3.63, 3.8) is 0 Å². The van der Waals surface area contributed by atoms with Crippen LogP contribution in [0.5, 0.6) is 0 Å². The third kappa shape index (κ3) is 4.46. The highest BCUT2D eigenvalue weighted by Gasteiger charge is 2.38. The zero-order valence-corrected chi connectivity index (χ0v) is 12.4. The molecule has 4 nitrogen and oxygen atoms in total. The zero-order chi connectivity index (χ0) is 13.9. The fourth-order valence-electron chi connectivity index (χ4n) is 2.97. The van der Waals surface area contributed by atoms with E-state index in [4.69, 9.17) is 9.47 Å². The molecule has 110 valence electrons. The minimum Gasteiger partial charge on any atom is -0.460 e. The molecular weight excluding hydrogens is 242 g/mol. The van der Waals surface area contributed by atoms with E-state index in [-0.39, 0.29) is 18.0 Å². The van der Waals surface area contributed by atoms with Crippen LogP contribution in [-0.4, -0.2) is 37.4 Å². The summed E-state index contributed by atoms with van der Waals surface area (Å²) in [4.78, 5) is 12.2. The summed E-state index contributed by atoms with van der Waals surface area (Å²) in [5, 5.41) is 3.37. The van der Waals surface area contributed by atoms with Gasteiger partial charge in [0.05, 0.1) is 12.0 Å². The van der Waals surface area contributed by atoms with Crippen LogP contribution in [0.4, 0.5) is 0 Å². The lowest BCUT2D eigenvalue weighted by Gasteiger charge is -2.28. The molecule has 2 aliphatic heterocycles. The highest BCUT2D eigenvalue weighted by molar-refractivity contribution is 5.73. The zero-order valence-electron chi connectivity index (χ0n) is 12.4. The van der Waals surface area contributed by atoms with E-state index in [9.17, 15) is 4.79 Å². The summed E-state index contributed by atoms with van der Waals surface area (Å²) in [6.07, 6.45) is 4.27. The van der Waals surface area contributed by atoms with Crippen molar-refractivity contribution in [1.82, 2.24) is 5.32 Å². The van der Waals surface area contributed by atoms with Crippen molar-refractivity contribution in [2.45, 2.75) is 58.2 Å². The topological polar surface area (TPSA) is 47.6 Å². The maximum absolute atomic E-state index is 12.2. The SMILES string of the molecule is CC(C)(C)OC(=O)[C@H]1CCO[C@H]1CC1CCNCC1. The number of hydrogen-bond donors (Lipinski definition) is 1. The number of carbonyl (C=O) groups excluding carboxylic acids is 1. The van der Waals surface area contributed by atoms with Gasteiger partial charge in [0.25, 0.3) is 0 Å². The van der Waals surface area contributed by atoms with E-state index < -0.39 is 5.60 Å². The molecule has 0 aromatic carbocycles. The van der Waals surface area contributed by atoms with Crippen LogP contribution >= 0.6 is 0 Å². The molecule has 1 N–H and O–H groups in total. The minimum atomic E-state index is -0.404. The van der Waals surface area contributed by atoms with Gasteiger partial charge in [0.15, 0.2) is 0 Å². The standard InChI is InChI=1S/C15H27NO3/c1-15(2,3)19-14(17)12-6-9-18-13(12)10-11-4-7-16-8-5-11/h11-13,16H,4-10H2,1-3H3/t12-,13-/m0/s1. The van der Waals surface area contributed by atoms with E-state index in [1.54, 1.807) is 0 Å². The lowest BCUT2D eigenvalue weighted by atomic mass is 9.87. The van der Waals surface area contributed by atoms with Crippen molar-refractivity contribution >= 4 is 5.97 Å². The summed E-state index contributed by atoms with van der Waals surface area (Å²) >= 11 is 0. The Kier molecular flexibility index (Phi) is 4.85. The molecule has 0 aromatic heterocycles. The van der Waals surface area contributed by atoms with Crippen LogP contribution in [0.25, 0.3) is 0 Å². The molecule has 0 radical (unpaired) electrons. The summed E-state index contributed by atoms with van der Waals surface area (Å²) in [6, 6.07) is 0. The summed E-state index contributed by atoms with van der Waals surface area (Å²) in [5.74, 6) is 0.548. The summed E-state index contributed by atoms with van der Waals surface area (Å²) in [6.45, 7) is 8.64. The molecule has 2 fully saturated rings. The largest absolute Gasteiger partial charge is 0.460 e. The lowest BCUT2D eigenvalue weighted by molar-refractivity contribution is -0.162. The predicted octanol–water partition coefficient (Wildman–Crippen LogP) is 2.12. The monoisotopic (exact) mass is 269 g/mol. The molecule has 2 atom stereocenters. The van der Waals surface area contributed by atoms with E-state index in [1.807, 2.05) is 20.8 Å². The fourth-order valence-corrected chi connectivity index (χ4v) is 2.97. The third-order valence-electron chi connectivity index (χ3n) is 3.94. The van der Waals surface area contributed by atoms with Crippen molar-refractivity contribution < 1.29 is 14.3 Å². The normalized spacial score (nSPS) is 29.4. The maximum atomic E-state index is 12.2.